The molecule has 1 aliphatic heterocycles. The van der Waals surface area contributed by atoms with Gasteiger partial charge in [0.1, 0.15) is 0 Å². The zero-order chi connectivity index (χ0) is 13.1. The molecule has 1 radical (unpaired) electrons. The van der Waals surface area contributed by atoms with Gasteiger partial charge < -0.3 is 9.64 Å². The van der Waals surface area contributed by atoms with Crippen LogP contribution in [-0.2, 0) is 9.06 Å². The van der Waals surface area contributed by atoms with Crippen molar-refractivity contribution in [3.8, 4) is 0 Å². The van der Waals surface area contributed by atoms with Crippen molar-refractivity contribution in [1.82, 2.24) is 0 Å². The number of anilines is 1. The molecule has 0 N–H and O–H groups in total. The number of halogens is 1. The molecule has 1 aromatic rings. The largest absolute Gasteiger partial charge is 0.378 e. The summed E-state index contributed by atoms with van der Waals surface area (Å²) in [5.74, 6) is 0. The fraction of sp³-hybridized carbons (Fsp3) is 0.312. The number of alkyl halides is 1. The third kappa shape index (κ3) is 2.63. The summed E-state index contributed by atoms with van der Waals surface area (Å²) < 4.78 is 5.25. The Morgan fingerprint density at radius 3 is 2.58 bits per heavy atom. The molecule has 1 unspecified atom stereocenters. The molecule has 0 saturated carbocycles. The molecular weight excluding hydrogens is 302 g/mol. The van der Waals surface area contributed by atoms with Crippen LogP contribution in [0.1, 0.15) is 5.56 Å². The van der Waals surface area contributed by atoms with Crippen LogP contribution in [-0.4, -0.2) is 26.3 Å². The molecule has 2 aliphatic rings. The smallest absolute Gasteiger partial charge is 0.0777 e. The first kappa shape index (κ1) is 12.9. The summed E-state index contributed by atoms with van der Waals surface area (Å²) in [6.07, 6.45) is 10.6. The molecule has 19 heavy (non-hydrogen) atoms. The minimum atomic E-state index is -0.198. The fourth-order valence-corrected chi connectivity index (χ4v) is 3.21. The standard InChI is InChI=1S/C16H17BrNO/c17-16(8-4-1-5-9-16)14-6-2-3-7-15(14)18-10-12-19-13-11-18/h1-9H,10-13H2. The molecule has 3 heteroatoms. The third-order valence-electron chi connectivity index (χ3n) is 3.57. The van der Waals surface area contributed by atoms with Gasteiger partial charge in [-0.25, -0.2) is 0 Å². The molecule has 2 nitrogen and oxygen atoms in total. The van der Waals surface area contributed by atoms with E-state index in [0.717, 1.165) is 26.3 Å². The van der Waals surface area contributed by atoms with Gasteiger partial charge in [-0.05, 0) is 11.6 Å². The van der Waals surface area contributed by atoms with Crippen LogP contribution in [0, 0.1) is 6.42 Å². The summed E-state index contributed by atoms with van der Waals surface area (Å²) in [5.41, 5.74) is 2.58. The van der Waals surface area contributed by atoms with Crippen molar-refractivity contribution in [2.45, 2.75) is 4.32 Å². The Morgan fingerprint density at radius 2 is 1.84 bits per heavy atom. The van der Waals surface area contributed by atoms with Crippen molar-refractivity contribution in [3.05, 3.63) is 60.6 Å². The number of hydrogen-bond donors (Lipinski definition) is 0. The molecule has 1 saturated heterocycles. The van der Waals surface area contributed by atoms with E-state index in [1.165, 1.54) is 11.3 Å². The van der Waals surface area contributed by atoms with E-state index < -0.39 is 0 Å². The van der Waals surface area contributed by atoms with Gasteiger partial charge in [0.15, 0.2) is 0 Å². The summed E-state index contributed by atoms with van der Waals surface area (Å²) in [7, 11) is 0. The summed E-state index contributed by atoms with van der Waals surface area (Å²) in [6, 6.07) is 8.60. The molecule has 1 atom stereocenters. The van der Waals surface area contributed by atoms with Gasteiger partial charge in [-0.2, -0.15) is 0 Å². The molecule has 99 valence electrons. The first-order chi connectivity index (χ1) is 9.30. The monoisotopic (exact) mass is 318 g/mol. The van der Waals surface area contributed by atoms with E-state index in [1.54, 1.807) is 0 Å². The van der Waals surface area contributed by atoms with Gasteiger partial charge in [0.2, 0.25) is 0 Å². The minimum Gasteiger partial charge on any atom is -0.378 e. The van der Waals surface area contributed by atoms with Crippen molar-refractivity contribution < 1.29 is 4.74 Å². The highest BCUT2D eigenvalue weighted by atomic mass is 79.9. The fourth-order valence-electron chi connectivity index (χ4n) is 2.57. The predicted octanol–water partition coefficient (Wildman–Crippen LogP) is 3.44. The average Bonchev–Trinajstić information content (AvgIpc) is 2.49. The number of allylic oxidation sites excluding steroid dienone is 4. The van der Waals surface area contributed by atoms with Gasteiger partial charge in [0, 0.05) is 25.2 Å². The molecule has 0 amide bonds. The molecule has 1 heterocycles. The van der Waals surface area contributed by atoms with Gasteiger partial charge in [-0.15, -0.1) is 0 Å². The van der Waals surface area contributed by atoms with Crippen LogP contribution in [0.15, 0.2) is 48.6 Å². The maximum absolute atomic E-state index is 5.45. The third-order valence-corrected chi connectivity index (χ3v) is 4.52. The van der Waals surface area contributed by atoms with Crippen LogP contribution >= 0.6 is 15.9 Å². The number of morpholine rings is 1. The van der Waals surface area contributed by atoms with Crippen LogP contribution in [0.4, 0.5) is 5.69 Å². The zero-order valence-corrected chi connectivity index (χ0v) is 12.3. The second-order valence-corrected chi connectivity index (χ2v) is 6.11. The van der Waals surface area contributed by atoms with E-state index in [-0.39, 0.29) is 4.32 Å². The highest BCUT2D eigenvalue weighted by Crippen LogP contribution is 2.42. The lowest BCUT2D eigenvalue weighted by atomic mass is 9.90. The minimum absolute atomic E-state index is 0.198. The van der Waals surface area contributed by atoms with Gasteiger partial charge in [0.05, 0.1) is 17.5 Å². The van der Waals surface area contributed by atoms with Crippen LogP contribution in [0.5, 0.6) is 0 Å². The maximum Gasteiger partial charge on any atom is 0.0777 e. The summed E-state index contributed by atoms with van der Waals surface area (Å²) in [6.45, 7) is 3.53. The number of ether oxygens (including phenoxy) is 1. The Bertz CT molecular complexity index is 505. The number of benzene rings is 1. The van der Waals surface area contributed by atoms with Crippen LogP contribution < -0.4 is 4.90 Å². The van der Waals surface area contributed by atoms with Crippen LogP contribution in [0.2, 0.25) is 0 Å². The second kappa shape index (κ2) is 5.51. The van der Waals surface area contributed by atoms with Crippen molar-refractivity contribution in [3.63, 3.8) is 0 Å². The molecule has 1 fully saturated rings. The predicted molar refractivity (Wildman–Crippen MR) is 82.7 cm³/mol. The Morgan fingerprint density at radius 1 is 1.05 bits per heavy atom. The second-order valence-electron chi connectivity index (χ2n) is 4.80. The Kier molecular flexibility index (Phi) is 3.76. The Labute approximate surface area is 122 Å². The molecule has 0 spiro atoms. The molecule has 1 aliphatic carbocycles. The first-order valence-corrected chi connectivity index (χ1v) is 7.40. The van der Waals surface area contributed by atoms with Crippen molar-refractivity contribution in [1.29, 1.82) is 0 Å². The summed E-state index contributed by atoms with van der Waals surface area (Å²) in [5, 5.41) is 0. The number of hydrogen-bond acceptors (Lipinski definition) is 2. The lowest BCUT2D eigenvalue weighted by Gasteiger charge is -2.35. The topological polar surface area (TPSA) is 12.5 Å². The van der Waals surface area contributed by atoms with Gasteiger partial charge >= 0.3 is 0 Å². The van der Waals surface area contributed by atoms with Gasteiger partial charge in [-0.3, -0.25) is 0 Å². The number of rotatable bonds is 2. The molecular formula is C16H17BrNO. The van der Waals surface area contributed by atoms with E-state index in [2.05, 4.69) is 75.8 Å². The highest BCUT2D eigenvalue weighted by Gasteiger charge is 2.30. The lowest BCUT2D eigenvalue weighted by molar-refractivity contribution is 0.122. The summed E-state index contributed by atoms with van der Waals surface area (Å²) >= 11 is 3.87. The SMILES string of the molecule is BrC1(c2ccccc2N2CCOCC2)[CH]C=CC=C1. The normalized spacial score (nSPS) is 26.7. The Hall–Kier alpha value is -1.06. The maximum atomic E-state index is 5.45. The number of para-hydroxylation sites is 1. The van der Waals surface area contributed by atoms with E-state index in [0.29, 0.717) is 0 Å². The molecule has 0 aromatic heterocycles. The number of nitrogens with zero attached hydrogens (tertiary/aromatic N) is 1. The molecule has 1 aromatic carbocycles. The average molecular weight is 319 g/mol. The quantitative estimate of drug-likeness (QED) is 0.774. The molecule has 0 bridgehead atoms. The Balaban J connectivity index is 1.97. The van der Waals surface area contributed by atoms with Crippen LogP contribution in [0.3, 0.4) is 0 Å². The van der Waals surface area contributed by atoms with Gasteiger partial charge in [0.25, 0.3) is 0 Å². The van der Waals surface area contributed by atoms with Crippen LogP contribution in [0.25, 0.3) is 0 Å². The zero-order valence-electron chi connectivity index (χ0n) is 10.8. The molecule has 3 rings (SSSR count). The van der Waals surface area contributed by atoms with E-state index in [4.69, 9.17) is 4.74 Å². The van der Waals surface area contributed by atoms with Crippen molar-refractivity contribution in [2.24, 2.45) is 0 Å². The lowest BCUT2D eigenvalue weighted by Crippen LogP contribution is -2.37. The van der Waals surface area contributed by atoms with E-state index in [9.17, 15) is 0 Å². The van der Waals surface area contributed by atoms with Gasteiger partial charge in [-0.1, -0.05) is 58.4 Å². The first-order valence-electron chi connectivity index (χ1n) is 6.61. The van der Waals surface area contributed by atoms with Crippen molar-refractivity contribution >= 4 is 21.6 Å². The van der Waals surface area contributed by atoms with Crippen molar-refractivity contribution in [2.75, 3.05) is 31.2 Å². The summed E-state index contributed by atoms with van der Waals surface area (Å²) in [4.78, 5) is 2.40. The van der Waals surface area contributed by atoms with E-state index in [1.807, 2.05) is 0 Å². The van der Waals surface area contributed by atoms with E-state index >= 15 is 0 Å². The highest BCUT2D eigenvalue weighted by molar-refractivity contribution is 9.09.